The molecule has 96 valence electrons. The summed E-state index contributed by atoms with van der Waals surface area (Å²) < 4.78 is 18.5. The van der Waals surface area contributed by atoms with Crippen molar-refractivity contribution in [3.05, 3.63) is 29.6 Å². The minimum atomic E-state index is -0.345. The first-order valence-corrected chi connectivity index (χ1v) is 5.57. The Kier molecular flexibility index (Phi) is 3.18. The second-order valence-electron chi connectivity index (χ2n) is 4.20. The highest BCUT2D eigenvalue weighted by Gasteiger charge is 2.27. The molecule has 1 heterocycles. The fourth-order valence-electron chi connectivity index (χ4n) is 1.97. The van der Waals surface area contributed by atoms with Crippen LogP contribution in [0, 0.1) is 17.1 Å². The molecule has 6 heteroatoms. The van der Waals surface area contributed by atoms with Crippen molar-refractivity contribution in [3.63, 3.8) is 0 Å². The van der Waals surface area contributed by atoms with E-state index in [2.05, 4.69) is 5.10 Å². The minimum Gasteiger partial charge on any atom is -0.496 e. The van der Waals surface area contributed by atoms with Crippen molar-refractivity contribution in [1.29, 1.82) is 5.41 Å². The van der Waals surface area contributed by atoms with Gasteiger partial charge in [0.05, 0.1) is 19.4 Å². The maximum atomic E-state index is 13.3. The number of hydrogen-bond acceptors (Lipinski definition) is 3. The molecule has 1 aliphatic heterocycles. The zero-order chi connectivity index (χ0) is 13.3. The van der Waals surface area contributed by atoms with Crippen LogP contribution >= 0.6 is 0 Å². The molecule has 0 aromatic heterocycles. The molecule has 2 rings (SSSR count). The fraction of sp³-hybridized carbons (Fsp3) is 0.333. The molecule has 0 saturated heterocycles. The lowest BCUT2D eigenvalue weighted by molar-refractivity contribution is 0.412. The van der Waals surface area contributed by atoms with Gasteiger partial charge in [0, 0.05) is 11.5 Å². The number of benzene rings is 1. The Hall–Kier alpha value is -2.11. The topological polar surface area (TPSA) is 74.7 Å². The van der Waals surface area contributed by atoms with E-state index in [0.29, 0.717) is 23.6 Å². The maximum absolute atomic E-state index is 13.3. The van der Waals surface area contributed by atoms with Crippen molar-refractivity contribution in [3.8, 4) is 5.75 Å². The summed E-state index contributed by atoms with van der Waals surface area (Å²) in [5.41, 5.74) is 6.68. The van der Waals surface area contributed by atoms with E-state index in [-0.39, 0.29) is 17.7 Å². The molecule has 0 bridgehead atoms. The van der Waals surface area contributed by atoms with Crippen molar-refractivity contribution in [1.82, 2.24) is 5.01 Å². The average molecular weight is 250 g/mol. The van der Waals surface area contributed by atoms with Gasteiger partial charge in [0.25, 0.3) is 0 Å². The average Bonchev–Trinajstić information content (AvgIpc) is 2.71. The Labute approximate surface area is 105 Å². The molecule has 1 aromatic carbocycles. The van der Waals surface area contributed by atoms with Crippen LogP contribution in [0.5, 0.6) is 5.75 Å². The summed E-state index contributed by atoms with van der Waals surface area (Å²) in [4.78, 5) is 0. The number of methoxy groups -OCH3 is 1. The molecule has 0 fully saturated rings. The Bertz CT molecular complexity index is 515. The molecule has 0 radical (unpaired) electrons. The van der Waals surface area contributed by atoms with Gasteiger partial charge in [0.15, 0.2) is 0 Å². The number of ether oxygens (including phenoxy) is 1. The third-order valence-corrected chi connectivity index (χ3v) is 2.86. The van der Waals surface area contributed by atoms with Gasteiger partial charge in [-0.3, -0.25) is 5.41 Å². The maximum Gasteiger partial charge on any atom is 0.209 e. The van der Waals surface area contributed by atoms with Gasteiger partial charge in [-0.05, 0) is 18.2 Å². The lowest BCUT2D eigenvalue weighted by Gasteiger charge is -2.10. The van der Waals surface area contributed by atoms with E-state index >= 15 is 0 Å². The van der Waals surface area contributed by atoms with Crippen molar-refractivity contribution in [2.75, 3.05) is 13.7 Å². The first-order valence-electron chi connectivity index (χ1n) is 5.57. The monoisotopic (exact) mass is 250 g/mol. The number of halogens is 1. The van der Waals surface area contributed by atoms with Crippen LogP contribution in [0.1, 0.15) is 12.5 Å². The van der Waals surface area contributed by atoms with E-state index in [1.54, 1.807) is 6.07 Å². The van der Waals surface area contributed by atoms with Crippen molar-refractivity contribution in [2.45, 2.75) is 6.92 Å². The molecular weight excluding hydrogens is 235 g/mol. The van der Waals surface area contributed by atoms with Crippen LogP contribution in [0.4, 0.5) is 4.39 Å². The molecule has 18 heavy (non-hydrogen) atoms. The molecule has 1 atom stereocenters. The van der Waals surface area contributed by atoms with Gasteiger partial charge in [-0.25, -0.2) is 9.40 Å². The number of hydrogen-bond donors (Lipinski definition) is 2. The zero-order valence-corrected chi connectivity index (χ0v) is 10.3. The van der Waals surface area contributed by atoms with E-state index in [1.165, 1.54) is 24.3 Å². The standard InChI is InChI=1S/C12H15FN4O/c1-7-6-17(12(14)15)16-11(7)9-5-8(13)3-4-10(9)18-2/h3-5,7H,6H2,1-2H3,(H3,14,15). The van der Waals surface area contributed by atoms with Crippen molar-refractivity contribution in [2.24, 2.45) is 16.8 Å². The Balaban J connectivity index is 2.45. The number of rotatable bonds is 2. The second-order valence-corrected chi connectivity index (χ2v) is 4.20. The number of nitrogens with zero attached hydrogens (tertiary/aromatic N) is 2. The predicted octanol–water partition coefficient (Wildman–Crippen LogP) is 1.38. The largest absolute Gasteiger partial charge is 0.496 e. The van der Waals surface area contributed by atoms with Crippen LogP contribution in [-0.4, -0.2) is 30.3 Å². The van der Waals surface area contributed by atoms with E-state index in [9.17, 15) is 4.39 Å². The van der Waals surface area contributed by atoms with E-state index < -0.39 is 0 Å². The SMILES string of the molecule is COc1ccc(F)cc1C1=NN(C(=N)N)CC1C. The first kappa shape index (κ1) is 12.3. The van der Waals surface area contributed by atoms with Gasteiger partial charge in [-0.15, -0.1) is 0 Å². The lowest BCUT2D eigenvalue weighted by atomic mass is 9.98. The van der Waals surface area contributed by atoms with Gasteiger partial charge < -0.3 is 10.5 Å². The highest BCUT2D eigenvalue weighted by molar-refractivity contribution is 6.06. The summed E-state index contributed by atoms with van der Waals surface area (Å²) in [7, 11) is 1.53. The molecule has 5 nitrogen and oxygen atoms in total. The van der Waals surface area contributed by atoms with Crippen LogP contribution < -0.4 is 10.5 Å². The molecular formula is C12H15FN4O. The molecule has 1 aliphatic rings. The van der Waals surface area contributed by atoms with Gasteiger partial charge in [0.1, 0.15) is 11.6 Å². The molecule has 0 saturated carbocycles. The molecule has 0 aliphatic carbocycles. The van der Waals surface area contributed by atoms with Gasteiger partial charge in [0.2, 0.25) is 5.96 Å². The number of nitrogens with one attached hydrogen (secondary N) is 1. The second kappa shape index (κ2) is 4.64. The molecule has 0 amide bonds. The zero-order valence-electron chi connectivity index (χ0n) is 10.3. The quantitative estimate of drug-likeness (QED) is 0.615. The summed E-state index contributed by atoms with van der Waals surface area (Å²) >= 11 is 0. The van der Waals surface area contributed by atoms with Crippen LogP contribution in [0.15, 0.2) is 23.3 Å². The van der Waals surface area contributed by atoms with Crippen LogP contribution in [-0.2, 0) is 0 Å². The van der Waals surface area contributed by atoms with Crippen molar-refractivity contribution >= 4 is 11.7 Å². The normalized spacial score (nSPS) is 18.7. The number of guanidine groups is 1. The summed E-state index contributed by atoms with van der Waals surface area (Å²) in [5.74, 6) is 0.159. The van der Waals surface area contributed by atoms with Crippen molar-refractivity contribution < 1.29 is 9.13 Å². The molecule has 1 aromatic rings. The molecule has 1 unspecified atom stereocenters. The van der Waals surface area contributed by atoms with Gasteiger partial charge >= 0.3 is 0 Å². The predicted molar refractivity (Wildman–Crippen MR) is 67.3 cm³/mol. The molecule has 0 spiro atoms. The van der Waals surface area contributed by atoms with E-state index in [4.69, 9.17) is 15.9 Å². The minimum absolute atomic E-state index is 0.0598. The smallest absolute Gasteiger partial charge is 0.209 e. The van der Waals surface area contributed by atoms with E-state index in [1.807, 2.05) is 6.92 Å². The van der Waals surface area contributed by atoms with E-state index in [0.717, 1.165) is 0 Å². The highest BCUT2D eigenvalue weighted by Crippen LogP contribution is 2.26. The summed E-state index contributed by atoms with van der Waals surface area (Å²) in [5, 5.41) is 13.0. The summed E-state index contributed by atoms with van der Waals surface area (Å²) in [6.45, 7) is 2.47. The highest BCUT2D eigenvalue weighted by atomic mass is 19.1. The Morgan fingerprint density at radius 3 is 2.89 bits per heavy atom. The van der Waals surface area contributed by atoms with Gasteiger partial charge in [-0.2, -0.15) is 5.10 Å². The van der Waals surface area contributed by atoms with Crippen LogP contribution in [0.2, 0.25) is 0 Å². The lowest BCUT2D eigenvalue weighted by Crippen LogP contribution is -2.31. The van der Waals surface area contributed by atoms with Crippen LogP contribution in [0.3, 0.4) is 0 Å². The number of nitrogens with two attached hydrogens (primary N) is 1. The van der Waals surface area contributed by atoms with Gasteiger partial charge in [-0.1, -0.05) is 6.92 Å². The fourth-order valence-corrected chi connectivity index (χ4v) is 1.97. The first-order chi connectivity index (χ1) is 8.52. The third kappa shape index (κ3) is 2.13. The third-order valence-electron chi connectivity index (χ3n) is 2.86. The van der Waals surface area contributed by atoms with Crippen LogP contribution in [0.25, 0.3) is 0 Å². The summed E-state index contributed by atoms with van der Waals surface area (Å²) in [6, 6.07) is 4.29. The Morgan fingerprint density at radius 2 is 2.33 bits per heavy atom. The number of hydrazone groups is 1. The summed E-state index contributed by atoms with van der Waals surface area (Å²) in [6.07, 6.45) is 0. The molecule has 3 N–H and O–H groups in total. The Morgan fingerprint density at radius 1 is 1.61 bits per heavy atom.